The molecule has 4 heterocycles. The zero-order chi connectivity index (χ0) is 37.6. The van der Waals surface area contributed by atoms with Crippen molar-refractivity contribution >= 4 is 24.8 Å². The summed E-state index contributed by atoms with van der Waals surface area (Å²) in [5.74, 6) is -0.466. The molecule has 4 fully saturated rings. The van der Waals surface area contributed by atoms with E-state index >= 15 is 0 Å². The number of rotatable bonds is 9. The second kappa shape index (κ2) is 14.5. The lowest BCUT2D eigenvalue weighted by atomic mass is 9.78. The minimum Gasteiger partial charge on any atom is -0.444 e. The monoisotopic (exact) mass is 725 g/mol. The summed E-state index contributed by atoms with van der Waals surface area (Å²) < 4.78 is 57.1. The number of carbonyl (C=O) groups excluding carboxylic acids is 2. The van der Waals surface area contributed by atoms with Crippen LogP contribution in [0, 0.1) is 11.7 Å². The van der Waals surface area contributed by atoms with Crippen molar-refractivity contribution in [1.82, 2.24) is 15.3 Å². The van der Waals surface area contributed by atoms with Crippen LogP contribution in [0.3, 0.4) is 0 Å². The number of hydrogen-bond acceptors (Lipinski definition) is 10. The van der Waals surface area contributed by atoms with Crippen molar-refractivity contribution in [3.05, 3.63) is 65.5 Å². The van der Waals surface area contributed by atoms with Gasteiger partial charge in [-0.05, 0) is 92.2 Å². The third kappa shape index (κ3) is 8.42. The van der Waals surface area contributed by atoms with E-state index in [1.54, 1.807) is 28.1 Å². The molecular formula is C38H53BFN3O9. The summed E-state index contributed by atoms with van der Waals surface area (Å²) in [6.07, 6.45) is -1.59. The molecule has 0 spiro atoms. The van der Waals surface area contributed by atoms with E-state index in [4.69, 9.17) is 33.0 Å². The van der Waals surface area contributed by atoms with Crippen molar-refractivity contribution in [2.45, 2.75) is 129 Å². The lowest BCUT2D eigenvalue weighted by Crippen LogP contribution is -2.53. The lowest BCUT2D eigenvalue weighted by molar-refractivity contribution is -0.0909. The average molecular weight is 726 g/mol. The van der Waals surface area contributed by atoms with Gasteiger partial charge in [0.2, 0.25) is 0 Å². The molecule has 0 bridgehead atoms. The van der Waals surface area contributed by atoms with Crippen molar-refractivity contribution in [2.75, 3.05) is 19.8 Å². The molecule has 12 nitrogen and oxygen atoms in total. The van der Waals surface area contributed by atoms with Gasteiger partial charge >= 0.3 is 19.3 Å². The number of amides is 2. The molecule has 0 aromatic heterocycles. The third-order valence-corrected chi connectivity index (χ3v) is 10.5. The summed E-state index contributed by atoms with van der Waals surface area (Å²) in [5.41, 5.74) is 2.24. The molecular weight excluding hydrogens is 672 g/mol. The summed E-state index contributed by atoms with van der Waals surface area (Å²) in [7, 11) is -0.514. The number of fused-ring (bicyclic) bond motifs is 1. The average Bonchev–Trinajstić information content (AvgIpc) is 3.75. The van der Waals surface area contributed by atoms with Crippen molar-refractivity contribution in [3.63, 3.8) is 0 Å². The molecule has 4 aliphatic heterocycles. The van der Waals surface area contributed by atoms with Crippen molar-refractivity contribution in [1.29, 1.82) is 0 Å². The lowest BCUT2D eigenvalue weighted by Gasteiger charge is -2.35. The van der Waals surface area contributed by atoms with Gasteiger partial charge in [0.15, 0.2) is 6.29 Å². The number of hydrogen-bond donors (Lipinski definition) is 1. The topological polar surface area (TPSA) is 117 Å². The fraction of sp³-hybridized carbons (Fsp3) is 0.632. The van der Waals surface area contributed by atoms with E-state index in [0.717, 1.165) is 17.4 Å². The van der Waals surface area contributed by atoms with E-state index in [2.05, 4.69) is 5.43 Å². The van der Waals surface area contributed by atoms with Gasteiger partial charge in [0.25, 0.3) is 0 Å². The minimum absolute atomic E-state index is 0.0142. The molecule has 0 aliphatic carbocycles. The van der Waals surface area contributed by atoms with Crippen LogP contribution in [0.5, 0.6) is 0 Å². The van der Waals surface area contributed by atoms with Crippen LogP contribution >= 0.6 is 0 Å². The molecule has 2 amide bonds. The summed E-state index contributed by atoms with van der Waals surface area (Å²) >= 11 is 0. The number of nitrogens with one attached hydrogen (secondary N) is 1. The van der Waals surface area contributed by atoms with Crippen LogP contribution in [0.1, 0.15) is 79.9 Å². The maximum atomic E-state index is 15.0. The van der Waals surface area contributed by atoms with Crippen LogP contribution in [-0.2, 0) is 46.0 Å². The van der Waals surface area contributed by atoms with Crippen LogP contribution in [-0.4, -0.2) is 96.0 Å². The number of carbonyl (C=O) groups is 2. The molecule has 4 aliphatic rings. The Morgan fingerprint density at radius 3 is 2.33 bits per heavy atom. The Bertz CT molecular complexity index is 1580. The Hall–Kier alpha value is -3.27. The van der Waals surface area contributed by atoms with Crippen molar-refractivity contribution < 1.29 is 47.0 Å². The van der Waals surface area contributed by atoms with Crippen LogP contribution in [0.15, 0.2) is 48.5 Å². The highest BCUT2D eigenvalue weighted by molar-refractivity contribution is 6.62. The van der Waals surface area contributed by atoms with E-state index < -0.39 is 65.9 Å². The minimum atomic E-state index is -1.08. The van der Waals surface area contributed by atoms with Crippen LogP contribution in [0.4, 0.5) is 14.0 Å². The van der Waals surface area contributed by atoms with Gasteiger partial charge in [0.05, 0.1) is 42.5 Å². The van der Waals surface area contributed by atoms with E-state index in [1.165, 1.54) is 6.07 Å². The van der Waals surface area contributed by atoms with Gasteiger partial charge in [0.1, 0.15) is 23.2 Å². The predicted octanol–water partition coefficient (Wildman–Crippen LogP) is 5.31. The Morgan fingerprint density at radius 1 is 1.00 bits per heavy atom. The summed E-state index contributed by atoms with van der Waals surface area (Å²) in [5, 5.41) is 1.58. The van der Waals surface area contributed by atoms with Crippen LogP contribution in [0.2, 0.25) is 0 Å². The number of hydrazine groups is 1. The molecule has 284 valence electrons. The Labute approximate surface area is 306 Å². The molecule has 0 radical (unpaired) electrons. The standard InChI is InChI=1S/C38H53BFN3O9/c1-35(2,3)50-34(45)43-29(20-24-14-16-26(17-15-24)39-51-36(4,5)37(6,7)52-39)30(49-38(43,8)9)22-42(21-25-12-10-11-13-28(25)40)41-33(44)48-31-23-47-32-27(31)18-19-46-32/h10-17,27,29-32H,18-23H2,1-9H3,(H,41,44)/t27-,29-,30-,31-,32+/m0/s1. The van der Waals surface area contributed by atoms with Gasteiger partial charge < -0.3 is 33.0 Å². The van der Waals surface area contributed by atoms with E-state index in [1.807, 2.05) is 86.6 Å². The maximum absolute atomic E-state index is 15.0. The van der Waals surface area contributed by atoms with E-state index in [0.29, 0.717) is 18.6 Å². The highest BCUT2D eigenvalue weighted by Crippen LogP contribution is 2.38. The molecule has 6 rings (SSSR count). The summed E-state index contributed by atoms with van der Waals surface area (Å²) in [6, 6.07) is 13.8. The van der Waals surface area contributed by atoms with Gasteiger partial charge in [-0.15, -0.1) is 0 Å². The first-order chi connectivity index (χ1) is 24.3. The second-order valence-electron chi connectivity index (χ2n) is 16.6. The quantitative estimate of drug-likeness (QED) is 0.269. The predicted molar refractivity (Wildman–Crippen MR) is 191 cm³/mol. The zero-order valence-electron chi connectivity index (χ0n) is 31.8. The Balaban J connectivity index is 1.25. The fourth-order valence-corrected chi connectivity index (χ4v) is 7.19. The molecule has 4 saturated heterocycles. The van der Waals surface area contributed by atoms with Gasteiger partial charge in [0, 0.05) is 18.7 Å². The molecule has 52 heavy (non-hydrogen) atoms. The smallest absolute Gasteiger partial charge is 0.444 e. The van der Waals surface area contributed by atoms with Crippen molar-refractivity contribution in [3.8, 4) is 0 Å². The highest BCUT2D eigenvalue weighted by Gasteiger charge is 2.53. The van der Waals surface area contributed by atoms with Gasteiger partial charge in [-0.1, -0.05) is 42.5 Å². The molecule has 1 N–H and O–H groups in total. The number of nitrogens with zero attached hydrogens (tertiary/aromatic N) is 2. The third-order valence-electron chi connectivity index (χ3n) is 10.5. The van der Waals surface area contributed by atoms with Crippen LogP contribution in [0.25, 0.3) is 0 Å². The first-order valence-corrected chi connectivity index (χ1v) is 18.2. The number of halogens is 1. The highest BCUT2D eigenvalue weighted by atomic mass is 19.1. The van der Waals surface area contributed by atoms with Gasteiger partial charge in [-0.25, -0.2) is 19.0 Å². The van der Waals surface area contributed by atoms with Crippen molar-refractivity contribution in [2.24, 2.45) is 5.92 Å². The van der Waals surface area contributed by atoms with E-state index in [-0.39, 0.29) is 31.9 Å². The molecule has 2 aromatic carbocycles. The molecule has 0 saturated carbocycles. The first-order valence-electron chi connectivity index (χ1n) is 18.2. The normalized spacial score (nSPS) is 27.6. The molecule has 0 unspecified atom stereocenters. The zero-order valence-corrected chi connectivity index (χ0v) is 31.8. The largest absolute Gasteiger partial charge is 0.494 e. The number of benzene rings is 2. The number of ether oxygens (including phenoxy) is 5. The van der Waals surface area contributed by atoms with Gasteiger partial charge in [-0.3, -0.25) is 10.3 Å². The molecule has 2 aromatic rings. The SMILES string of the molecule is CC(C)(C)OC(=O)N1[C@@H](Cc2ccc(B3OC(C)(C)C(C)(C)O3)cc2)[C@H](CN(Cc2ccccc2F)NC(=O)O[C@H]2CO[C@H]3OCC[C@H]32)OC1(C)C. The maximum Gasteiger partial charge on any atom is 0.494 e. The van der Waals surface area contributed by atoms with E-state index in [9.17, 15) is 14.0 Å². The summed E-state index contributed by atoms with van der Waals surface area (Å²) in [6.45, 7) is 18.0. The second-order valence-corrected chi connectivity index (χ2v) is 16.6. The molecule has 5 atom stereocenters. The summed E-state index contributed by atoms with van der Waals surface area (Å²) in [4.78, 5) is 28.9. The van der Waals surface area contributed by atoms with Gasteiger partial charge in [-0.2, -0.15) is 0 Å². The van der Waals surface area contributed by atoms with Crippen LogP contribution < -0.4 is 10.9 Å². The Kier molecular flexibility index (Phi) is 10.7. The first kappa shape index (κ1) is 38.5. The molecule has 14 heteroatoms. The Morgan fingerprint density at radius 2 is 1.67 bits per heavy atom. The fourth-order valence-electron chi connectivity index (χ4n) is 7.19.